The zero-order valence-corrected chi connectivity index (χ0v) is 37.2. The second-order valence-corrected chi connectivity index (χ2v) is 17.3. The molecule has 0 aliphatic carbocycles. The highest BCUT2D eigenvalue weighted by molar-refractivity contribution is 6.38. The standard InChI is InChI=1S/C48H49ClF4N8O4/c1-28-21-33(54)22-37(39(28)48(51,52)53)41-40(49)42-38-44(58-46(57-42)65-27-47-16-6-18-60(47)26-32(50)23-47)61(19-20-64-45(38)56-41)29(2)36-7-5-17-55-43(36)59(24-30-8-12-34(62-3)13-9-30)25-31-10-14-35(63-4)15-11-31/h5,7-15,17,21-22,29,32H,6,16,18-20,23-27,54H2,1-4H3/t29-,32-,47+/m1/s1. The highest BCUT2D eigenvalue weighted by Crippen LogP contribution is 2.48. The van der Waals surface area contributed by atoms with Gasteiger partial charge in [0, 0.05) is 49.1 Å². The molecular weight excluding hydrogens is 864 g/mol. The Hall–Kier alpha value is -6.13. The minimum atomic E-state index is -4.77. The quantitative estimate of drug-likeness (QED) is 0.0877. The van der Waals surface area contributed by atoms with E-state index in [1.807, 2.05) is 72.5 Å². The topological polar surface area (TPSA) is 124 Å². The van der Waals surface area contributed by atoms with Crippen molar-refractivity contribution in [3.63, 3.8) is 0 Å². The Morgan fingerprint density at radius 2 is 1.66 bits per heavy atom. The van der Waals surface area contributed by atoms with Crippen molar-refractivity contribution in [2.45, 2.75) is 70.1 Å². The van der Waals surface area contributed by atoms with E-state index in [9.17, 15) is 17.6 Å². The SMILES string of the molecule is COc1ccc(CN(Cc2ccc(OC)cc2)c2ncccc2[C@@H](C)N2CCOc3nc(-c4cc(N)cc(C)c4C(F)(F)F)c(Cl)c4nc(OC[C@@]56CCCN5C[C@H](F)C6)nc2c34)cc1. The number of anilines is 3. The third-order valence-electron chi connectivity index (χ3n) is 12.8. The van der Waals surface area contributed by atoms with Crippen LogP contribution in [0.25, 0.3) is 22.2 Å². The third-order valence-corrected chi connectivity index (χ3v) is 13.1. The van der Waals surface area contributed by atoms with Crippen molar-refractivity contribution in [3.8, 4) is 34.6 Å². The second kappa shape index (κ2) is 17.7. The number of benzene rings is 3. The number of halogens is 5. The van der Waals surface area contributed by atoms with Crippen molar-refractivity contribution in [2.24, 2.45) is 0 Å². The molecule has 0 amide bonds. The van der Waals surface area contributed by atoms with E-state index in [1.165, 1.54) is 19.1 Å². The van der Waals surface area contributed by atoms with Crippen molar-refractivity contribution >= 4 is 39.8 Å². The number of pyridine rings is 2. The van der Waals surface area contributed by atoms with Gasteiger partial charge in [0.2, 0.25) is 5.88 Å². The third kappa shape index (κ3) is 8.61. The lowest BCUT2D eigenvalue weighted by atomic mass is 9.95. The maximum absolute atomic E-state index is 14.9. The number of alkyl halides is 4. The molecule has 6 heterocycles. The molecular formula is C48H49ClF4N8O4. The van der Waals surface area contributed by atoms with Crippen LogP contribution in [0.3, 0.4) is 0 Å². The number of aryl methyl sites for hydroxylation is 1. The van der Waals surface area contributed by atoms with Gasteiger partial charge in [0.05, 0.1) is 48.6 Å². The Labute approximate surface area is 379 Å². The van der Waals surface area contributed by atoms with Crippen LogP contribution in [0.2, 0.25) is 5.02 Å². The Balaban J connectivity index is 1.17. The number of fused-ring (bicyclic) bond motifs is 1. The maximum Gasteiger partial charge on any atom is 0.417 e. The lowest BCUT2D eigenvalue weighted by Crippen LogP contribution is -2.43. The predicted octanol–water partition coefficient (Wildman–Crippen LogP) is 9.79. The number of methoxy groups -OCH3 is 2. The Bertz CT molecular complexity index is 2660. The van der Waals surface area contributed by atoms with Gasteiger partial charge in [-0.05, 0) is 92.4 Å². The van der Waals surface area contributed by atoms with Crippen LogP contribution < -0.4 is 34.5 Å². The Morgan fingerprint density at radius 1 is 0.969 bits per heavy atom. The zero-order chi connectivity index (χ0) is 45.6. The van der Waals surface area contributed by atoms with Crippen molar-refractivity contribution in [2.75, 3.05) is 62.6 Å². The largest absolute Gasteiger partial charge is 0.497 e. The van der Waals surface area contributed by atoms with E-state index < -0.39 is 29.5 Å². The number of aromatic nitrogens is 4. The van der Waals surface area contributed by atoms with Crippen LogP contribution in [0.5, 0.6) is 23.4 Å². The first kappa shape index (κ1) is 44.1. The summed E-state index contributed by atoms with van der Waals surface area (Å²) in [6.45, 7) is 5.90. The molecule has 12 nitrogen and oxygen atoms in total. The fourth-order valence-corrected chi connectivity index (χ4v) is 9.96. The molecule has 0 saturated carbocycles. The molecule has 3 aromatic carbocycles. The summed E-state index contributed by atoms with van der Waals surface area (Å²) < 4.78 is 82.9. The summed E-state index contributed by atoms with van der Waals surface area (Å²) in [6, 6.07) is 21.6. The van der Waals surface area contributed by atoms with Crippen LogP contribution in [-0.2, 0) is 19.3 Å². The summed E-state index contributed by atoms with van der Waals surface area (Å²) >= 11 is 7.21. The molecule has 2 fully saturated rings. The number of hydrogen-bond acceptors (Lipinski definition) is 12. The van der Waals surface area contributed by atoms with E-state index in [2.05, 4.69) is 9.80 Å². The van der Waals surface area contributed by atoms with Crippen molar-refractivity contribution in [3.05, 3.63) is 112 Å². The molecule has 2 saturated heterocycles. The normalized spacial score (nSPS) is 18.8. The van der Waals surface area contributed by atoms with E-state index in [0.717, 1.165) is 47.6 Å². The van der Waals surface area contributed by atoms with Gasteiger partial charge >= 0.3 is 12.2 Å². The van der Waals surface area contributed by atoms with Gasteiger partial charge in [-0.3, -0.25) is 4.90 Å². The molecule has 17 heteroatoms. The van der Waals surface area contributed by atoms with Crippen LogP contribution in [0, 0.1) is 6.92 Å². The first-order valence-corrected chi connectivity index (χ1v) is 21.9. The predicted molar refractivity (Wildman–Crippen MR) is 242 cm³/mol. The highest BCUT2D eigenvalue weighted by atomic mass is 35.5. The van der Waals surface area contributed by atoms with Gasteiger partial charge in [0.1, 0.15) is 53.4 Å². The monoisotopic (exact) mass is 912 g/mol. The Morgan fingerprint density at radius 3 is 2.32 bits per heavy atom. The van der Waals surface area contributed by atoms with E-state index in [4.69, 9.17) is 56.2 Å². The van der Waals surface area contributed by atoms with Crippen LogP contribution in [-0.4, -0.2) is 83.6 Å². The highest BCUT2D eigenvalue weighted by Gasteiger charge is 2.49. The van der Waals surface area contributed by atoms with Crippen molar-refractivity contribution in [1.82, 2.24) is 24.8 Å². The summed E-state index contributed by atoms with van der Waals surface area (Å²) in [5, 5.41) is 0.136. The first-order valence-electron chi connectivity index (χ1n) is 21.5. The summed E-state index contributed by atoms with van der Waals surface area (Å²) in [6.07, 6.45) is -2.05. The smallest absolute Gasteiger partial charge is 0.417 e. The van der Waals surface area contributed by atoms with Gasteiger partial charge in [-0.2, -0.15) is 23.1 Å². The molecule has 3 atom stereocenters. The fourth-order valence-electron chi connectivity index (χ4n) is 9.68. The van der Waals surface area contributed by atoms with E-state index in [1.54, 1.807) is 20.4 Å². The van der Waals surface area contributed by atoms with Crippen LogP contribution in [0.1, 0.15) is 60.0 Å². The van der Waals surface area contributed by atoms with Gasteiger partial charge in [-0.15, -0.1) is 0 Å². The van der Waals surface area contributed by atoms with Gasteiger partial charge in [0.25, 0.3) is 0 Å². The summed E-state index contributed by atoms with van der Waals surface area (Å²) in [5.41, 5.74) is 7.19. The molecule has 9 rings (SSSR count). The van der Waals surface area contributed by atoms with Crippen LogP contribution >= 0.6 is 11.6 Å². The zero-order valence-electron chi connectivity index (χ0n) is 36.5. The van der Waals surface area contributed by atoms with Gasteiger partial charge < -0.3 is 34.5 Å². The Kier molecular flexibility index (Phi) is 12.0. The molecule has 3 aromatic heterocycles. The minimum absolute atomic E-state index is 0.00697. The summed E-state index contributed by atoms with van der Waals surface area (Å²) in [7, 11) is 3.26. The maximum atomic E-state index is 14.9. The molecule has 0 unspecified atom stereocenters. The lowest BCUT2D eigenvalue weighted by molar-refractivity contribution is -0.137. The van der Waals surface area contributed by atoms with Crippen molar-refractivity contribution < 1.29 is 36.5 Å². The molecule has 0 bridgehead atoms. The number of hydrogen-bond donors (Lipinski definition) is 1. The molecule has 0 radical (unpaired) electrons. The minimum Gasteiger partial charge on any atom is -0.497 e. The average Bonchev–Trinajstić information content (AvgIpc) is 3.75. The number of nitrogen functional groups attached to an aromatic ring is 1. The van der Waals surface area contributed by atoms with Crippen molar-refractivity contribution in [1.29, 1.82) is 0 Å². The molecule has 0 spiro atoms. The summed E-state index contributed by atoms with van der Waals surface area (Å²) in [5.74, 6) is 2.56. The molecule has 3 aliphatic rings. The average molecular weight is 913 g/mol. The second-order valence-electron chi connectivity index (χ2n) is 16.9. The van der Waals surface area contributed by atoms with Gasteiger partial charge in [-0.25, -0.2) is 14.4 Å². The number of nitrogens with two attached hydrogens (primary N) is 1. The molecule has 6 aromatic rings. The number of ether oxygens (including phenoxy) is 4. The van der Waals surface area contributed by atoms with Gasteiger partial charge in [-0.1, -0.05) is 41.9 Å². The fraction of sp³-hybridized carbons (Fsp3) is 0.375. The van der Waals surface area contributed by atoms with E-state index in [-0.39, 0.29) is 64.7 Å². The first-order chi connectivity index (χ1) is 31.2. The van der Waals surface area contributed by atoms with Gasteiger partial charge in [0.15, 0.2) is 0 Å². The molecule has 65 heavy (non-hydrogen) atoms. The van der Waals surface area contributed by atoms with Crippen LogP contribution in [0.15, 0.2) is 79.0 Å². The van der Waals surface area contributed by atoms with Crippen LogP contribution in [0.4, 0.5) is 34.9 Å². The molecule has 3 aliphatic heterocycles. The number of nitrogens with zero attached hydrogens (tertiary/aromatic N) is 7. The number of rotatable bonds is 13. The molecule has 340 valence electrons. The molecule has 2 N–H and O–H groups in total. The van der Waals surface area contributed by atoms with E-state index in [0.29, 0.717) is 43.1 Å². The van der Waals surface area contributed by atoms with E-state index >= 15 is 0 Å². The summed E-state index contributed by atoms with van der Waals surface area (Å²) in [4.78, 5) is 25.9. The lowest BCUT2D eigenvalue weighted by Gasteiger charge is -2.34.